The molecule has 2 aromatic rings. The number of hydrogen-bond acceptors (Lipinski definition) is 2. The van der Waals surface area contributed by atoms with Crippen molar-refractivity contribution in [3.63, 3.8) is 0 Å². The Labute approximate surface area is 132 Å². The lowest BCUT2D eigenvalue weighted by molar-refractivity contribution is 0.317. The molecule has 0 saturated heterocycles. The summed E-state index contributed by atoms with van der Waals surface area (Å²) in [5, 5.41) is 7.87. The zero-order valence-corrected chi connectivity index (χ0v) is 13.0. The second-order valence-electron chi connectivity index (χ2n) is 6.45. The fraction of sp³-hybridized carbons (Fsp3) is 0.421. The molecule has 0 atom stereocenters. The molecule has 3 nitrogen and oxygen atoms in total. The lowest BCUT2D eigenvalue weighted by Gasteiger charge is -2.17. The molecule has 1 aromatic heterocycles. The van der Waals surface area contributed by atoms with Crippen LogP contribution in [0.2, 0.25) is 0 Å². The van der Waals surface area contributed by atoms with Gasteiger partial charge in [-0.15, -0.1) is 0 Å². The highest BCUT2D eigenvalue weighted by molar-refractivity contribution is 5.48. The first kappa shape index (κ1) is 13.8. The Morgan fingerprint density at radius 2 is 1.95 bits per heavy atom. The molecule has 0 radical (unpaired) electrons. The topological polar surface area (TPSA) is 31.9 Å². The maximum atomic E-state index is 4.57. The largest absolute Gasteiger partial charge is 0.299 e. The third kappa shape index (κ3) is 3.00. The first-order valence-electron chi connectivity index (χ1n) is 8.40. The van der Waals surface area contributed by atoms with Gasteiger partial charge in [-0.1, -0.05) is 42.5 Å². The van der Waals surface area contributed by atoms with Crippen LogP contribution in [0.1, 0.15) is 41.3 Å². The van der Waals surface area contributed by atoms with Gasteiger partial charge in [0, 0.05) is 37.7 Å². The van der Waals surface area contributed by atoms with Crippen LogP contribution >= 0.6 is 0 Å². The van der Waals surface area contributed by atoms with Gasteiger partial charge >= 0.3 is 0 Å². The predicted octanol–water partition coefficient (Wildman–Crippen LogP) is 3.40. The van der Waals surface area contributed by atoms with E-state index >= 15 is 0 Å². The lowest BCUT2D eigenvalue weighted by Crippen LogP contribution is -2.26. The van der Waals surface area contributed by atoms with E-state index < -0.39 is 0 Å². The third-order valence-electron chi connectivity index (χ3n) is 4.78. The van der Waals surface area contributed by atoms with E-state index in [2.05, 4.69) is 57.6 Å². The monoisotopic (exact) mass is 293 g/mol. The summed E-state index contributed by atoms with van der Waals surface area (Å²) in [7, 11) is 0. The smallest absolute Gasteiger partial charge is 0.0688 e. The Bertz CT molecular complexity index is 653. The average molecular weight is 293 g/mol. The van der Waals surface area contributed by atoms with Gasteiger partial charge in [-0.05, 0) is 30.4 Å². The van der Waals surface area contributed by atoms with Gasteiger partial charge < -0.3 is 0 Å². The zero-order chi connectivity index (χ0) is 14.8. The molecule has 0 spiro atoms. The fourth-order valence-corrected chi connectivity index (χ4v) is 3.33. The van der Waals surface area contributed by atoms with Crippen LogP contribution < -0.4 is 0 Å². The second-order valence-corrected chi connectivity index (χ2v) is 6.45. The van der Waals surface area contributed by atoms with Crippen molar-refractivity contribution in [2.24, 2.45) is 0 Å². The van der Waals surface area contributed by atoms with Crippen molar-refractivity contribution in [1.82, 2.24) is 15.1 Å². The van der Waals surface area contributed by atoms with Gasteiger partial charge in [0.1, 0.15) is 0 Å². The summed E-state index contributed by atoms with van der Waals surface area (Å²) in [4.78, 5) is 2.55. The molecular weight excluding hydrogens is 270 g/mol. The summed E-state index contributed by atoms with van der Waals surface area (Å²) in [6, 6.07) is 10.5. The van der Waals surface area contributed by atoms with Crippen LogP contribution in [0.4, 0.5) is 0 Å². The molecule has 2 heterocycles. The minimum absolute atomic E-state index is 0.754. The third-order valence-corrected chi connectivity index (χ3v) is 4.78. The number of rotatable bonds is 4. The van der Waals surface area contributed by atoms with Crippen molar-refractivity contribution in [3.8, 4) is 0 Å². The molecule has 1 aliphatic carbocycles. The van der Waals surface area contributed by atoms with Crippen LogP contribution in [0.25, 0.3) is 6.08 Å². The van der Waals surface area contributed by atoms with E-state index in [-0.39, 0.29) is 0 Å². The summed E-state index contributed by atoms with van der Waals surface area (Å²) in [5.41, 5.74) is 5.56. The molecule has 3 heteroatoms. The Morgan fingerprint density at radius 1 is 1.14 bits per heavy atom. The molecule has 4 rings (SSSR count). The Balaban J connectivity index is 1.37. The van der Waals surface area contributed by atoms with E-state index in [1.165, 1.54) is 35.4 Å². The van der Waals surface area contributed by atoms with Crippen molar-refractivity contribution in [3.05, 3.63) is 58.9 Å². The summed E-state index contributed by atoms with van der Waals surface area (Å²) >= 11 is 0. The average Bonchev–Trinajstić information content (AvgIpc) is 3.35. The first-order valence-corrected chi connectivity index (χ1v) is 8.40. The standard InChI is InChI=1S/C19H23N3/c1-2-5-15(6-3-1)7-4-12-22-13-10-17-18(11-14-22)20-21-19(17)16-8-9-16/h1-7,16H,8-14H2,(H,20,21)/b7-4+. The van der Waals surface area contributed by atoms with Gasteiger partial charge in [-0.25, -0.2) is 0 Å². The molecule has 0 amide bonds. The normalized spacial score (nSPS) is 19.3. The Hall–Kier alpha value is -1.87. The number of hydrogen-bond donors (Lipinski definition) is 1. The van der Waals surface area contributed by atoms with E-state index in [9.17, 15) is 0 Å². The van der Waals surface area contributed by atoms with Gasteiger partial charge in [0.15, 0.2) is 0 Å². The van der Waals surface area contributed by atoms with Crippen LogP contribution in [0.5, 0.6) is 0 Å². The van der Waals surface area contributed by atoms with Gasteiger partial charge in [-0.3, -0.25) is 10.00 Å². The molecule has 1 N–H and O–H groups in total. The number of aromatic amines is 1. The Kier molecular flexibility index (Phi) is 3.81. The number of benzene rings is 1. The van der Waals surface area contributed by atoms with E-state index in [0.29, 0.717) is 0 Å². The van der Waals surface area contributed by atoms with Crippen LogP contribution in [-0.4, -0.2) is 34.7 Å². The lowest BCUT2D eigenvalue weighted by atomic mass is 10.1. The fourth-order valence-electron chi connectivity index (χ4n) is 3.33. The molecule has 114 valence electrons. The van der Waals surface area contributed by atoms with Crippen molar-refractivity contribution in [2.75, 3.05) is 19.6 Å². The maximum absolute atomic E-state index is 4.57. The summed E-state index contributed by atoms with van der Waals surface area (Å²) in [6.45, 7) is 3.30. The van der Waals surface area contributed by atoms with Gasteiger partial charge in [0.05, 0.1) is 5.69 Å². The van der Waals surface area contributed by atoms with Crippen LogP contribution in [0.15, 0.2) is 36.4 Å². The highest BCUT2D eigenvalue weighted by Crippen LogP contribution is 2.41. The van der Waals surface area contributed by atoms with Crippen LogP contribution in [-0.2, 0) is 12.8 Å². The van der Waals surface area contributed by atoms with Gasteiger partial charge in [0.2, 0.25) is 0 Å². The number of nitrogens with one attached hydrogen (secondary N) is 1. The van der Waals surface area contributed by atoms with Crippen molar-refractivity contribution in [1.29, 1.82) is 0 Å². The maximum Gasteiger partial charge on any atom is 0.0688 e. The van der Waals surface area contributed by atoms with E-state index in [1.807, 2.05) is 0 Å². The molecule has 1 aromatic carbocycles. The molecular formula is C19H23N3. The molecule has 1 saturated carbocycles. The first-order chi connectivity index (χ1) is 10.9. The SMILES string of the molecule is C(=C\c1ccccc1)/CN1CCc2[nH]nc(C3CC3)c2CC1. The molecule has 0 bridgehead atoms. The number of nitrogens with zero attached hydrogens (tertiary/aromatic N) is 2. The second kappa shape index (κ2) is 6.09. The number of aromatic nitrogens is 2. The van der Waals surface area contributed by atoms with E-state index in [0.717, 1.165) is 38.4 Å². The van der Waals surface area contributed by atoms with Crippen molar-refractivity contribution < 1.29 is 0 Å². The molecule has 0 unspecified atom stereocenters. The van der Waals surface area contributed by atoms with Gasteiger partial charge in [0.25, 0.3) is 0 Å². The molecule has 1 aliphatic heterocycles. The van der Waals surface area contributed by atoms with Crippen LogP contribution in [0.3, 0.4) is 0 Å². The quantitative estimate of drug-likeness (QED) is 0.937. The minimum atomic E-state index is 0.754. The zero-order valence-electron chi connectivity index (χ0n) is 13.0. The van der Waals surface area contributed by atoms with Crippen molar-refractivity contribution in [2.45, 2.75) is 31.6 Å². The summed E-state index contributed by atoms with van der Waals surface area (Å²) in [5.74, 6) is 0.754. The highest BCUT2D eigenvalue weighted by Gasteiger charge is 2.30. The minimum Gasteiger partial charge on any atom is -0.299 e. The van der Waals surface area contributed by atoms with Crippen LogP contribution in [0, 0.1) is 0 Å². The van der Waals surface area contributed by atoms with E-state index in [1.54, 1.807) is 0 Å². The van der Waals surface area contributed by atoms with E-state index in [4.69, 9.17) is 0 Å². The van der Waals surface area contributed by atoms with Gasteiger partial charge in [-0.2, -0.15) is 5.10 Å². The summed E-state index contributed by atoms with van der Waals surface area (Å²) in [6.07, 6.45) is 9.43. The highest BCUT2D eigenvalue weighted by atomic mass is 15.2. The van der Waals surface area contributed by atoms with Crippen molar-refractivity contribution >= 4 is 6.08 Å². The molecule has 1 fully saturated rings. The Morgan fingerprint density at radius 3 is 2.77 bits per heavy atom. The molecule has 22 heavy (non-hydrogen) atoms. The predicted molar refractivity (Wildman–Crippen MR) is 89.9 cm³/mol. The number of fused-ring (bicyclic) bond motifs is 1. The number of H-pyrrole nitrogens is 1. The molecule has 2 aliphatic rings. The summed E-state index contributed by atoms with van der Waals surface area (Å²) < 4.78 is 0.